The van der Waals surface area contributed by atoms with Gasteiger partial charge in [-0.15, -0.1) is 12.4 Å². The Kier molecular flexibility index (Phi) is 6.04. The molecule has 0 bridgehead atoms. The van der Waals surface area contributed by atoms with Gasteiger partial charge in [-0.2, -0.15) is 5.10 Å². The summed E-state index contributed by atoms with van der Waals surface area (Å²) in [5, 5.41) is 4.53. The van der Waals surface area contributed by atoms with E-state index in [1.807, 2.05) is 22.6 Å². The predicted molar refractivity (Wildman–Crippen MR) is 91.5 cm³/mol. The van der Waals surface area contributed by atoms with Crippen molar-refractivity contribution in [3.05, 3.63) is 17.5 Å². The third-order valence-corrected chi connectivity index (χ3v) is 4.25. The molecular formula is C16H29ClN4O. The Morgan fingerprint density at radius 3 is 2.59 bits per heavy atom. The molecule has 0 aliphatic carbocycles. The minimum atomic E-state index is -0.119. The molecule has 2 unspecified atom stereocenters. The van der Waals surface area contributed by atoms with Crippen molar-refractivity contribution >= 4 is 18.3 Å². The van der Waals surface area contributed by atoms with E-state index in [2.05, 4.69) is 32.8 Å². The van der Waals surface area contributed by atoms with Gasteiger partial charge in [0.05, 0.1) is 5.54 Å². The van der Waals surface area contributed by atoms with Crippen LogP contribution in [0.1, 0.15) is 56.7 Å². The lowest BCUT2D eigenvalue weighted by Crippen LogP contribution is -2.49. The first-order valence-electron chi connectivity index (χ1n) is 7.82. The summed E-state index contributed by atoms with van der Waals surface area (Å²) >= 11 is 0. The largest absolute Gasteiger partial charge is 0.333 e. The Hall–Kier alpha value is -1.07. The van der Waals surface area contributed by atoms with E-state index in [0.717, 1.165) is 25.1 Å². The Balaban J connectivity index is 0.00000242. The number of rotatable bonds is 2. The molecule has 2 atom stereocenters. The Labute approximate surface area is 139 Å². The van der Waals surface area contributed by atoms with Crippen molar-refractivity contribution in [1.82, 2.24) is 14.7 Å². The number of carbonyl (C=O) groups is 1. The van der Waals surface area contributed by atoms with Crippen LogP contribution in [0.2, 0.25) is 0 Å². The van der Waals surface area contributed by atoms with Gasteiger partial charge in [0.15, 0.2) is 5.69 Å². The van der Waals surface area contributed by atoms with Crippen LogP contribution in [-0.4, -0.2) is 39.7 Å². The van der Waals surface area contributed by atoms with Crippen LogP contribution in [0, 0.1) is 12.8 Å². The smallest absolute Gasteiger partial charge is 0.274 e. The van der Waals surface area contributed by atoms with E-state index >= 15 is 0 Å². The molecule has 1 saturated heterocycles. The van der Waals surface area contributed by atoms with Crippen molar-refractivity contribution in [3.63, 3.8) is 0 Å². The molecule has 1 fully saturated rings. The van der Waals surface area contributed by atoms with Crippen molar-refractivity contribution < 1.29 is 4.79 Å². The number of carbonyl (C=O) groups excluding carboxylic acids is 1. The third-order valence-electron chi connectivity index (χ3n) is 4.25. The highest BCUT2D eigenvalue weighted by molar-refractivity contribution is 5.92. The molecule has 6 heteroatoms. The van der Waals surface area contributed by atoms with E-state index in [1.165, 1.54) is 0 Å². The average Bonchev–Trinajstić information content (AvgIpc) is 2.80. The zero-order valence-electron chi connectivity index (χ0n) is 14.3. The standard InChI is InChI=1S/C16H28N4O.ClH/c1-11-6-7-19(13(8-11)10-17)15(21)14-9-12(2)20(18-14)16(3,4)5;/h9,11,13H,6-8,10,17H2,1-5H3;1H. The topological polar surface area (TPSA) is 64.2 Å². The first-order chi connectivity index (χ1) is 9.74. The summed E-state index contributed by atoms with van der Waals surface area (Å²) in [6.07, 6.45) is 2.03. The normalized spacial score (nSPS) is 22.4. The number of hydrogen-bond donors (Lipinski definition) is 1. The summed E-state index contributed by atoms with van der Waals surface area (Å²) in [6.45, 7) is 11.8. The van der Waals surface area contributed by atoms with Crippen LogP contribution >= 0.6 is 12.4 Å². The first-order valence-corrected chi connectivity index (χ1v) is 7.82. The summed E-state index contributed by atoms with van der Waals surface area (Å²) in [5.74, 6) is 0.653. The van der Waals surface area contributed by atoms with Gasteiger partial charge in [0.25, 0.3) is 5.91 Å². The number of piperidine rings is 1. The van der Waals surface area contributed by atoms with Crippen molar-refractivity contribution in [2.45, 2.75) is 59.0 Å². The van der Waals surface area contributed by atoms with Crippen LogP contribution < -0.4 is 5.73 Å². The van der Waals surface area contributed by atoms with E-state index in [1.54, 1.807) is 0 Å². The summed E-state index contributed by atoms with van der Waals surface area (Å²) in [4.78, 5) is 14.7. The van der Waals surface area contributed by atoms with Crippen LogP contribution in [0.3, 0.4) is 0 Å². The van der Waals surface area contributed by atoms with Gasteiger partial charge in [0.1, 0.15) is 0 Å². The van der Waals surface area contributed by atoms with Gasteiger partial charge in [0, 0.05) is 24.8 Å². The number of hydrogen-bond acceptors (Lipinski definition) is 3. The number of halogens is 1. The highest BCUT2D eigenvalue weighted by Crippen LogP contribution is 2.24. The van der Waals surface area contributed by atoms with E-state index in [-0.39, 0.29) is 29.9 Å². The van der Waals surface area contributed by atoms with Crippen molar-refractivity contribution in [2.75, 3.05) is 13.1 Å². The van der Waals surface area contributed by atoms with Gasteiger partial charge in [-0.3, -0.25) is 9.48 Å². The maximum atomic E-state index is 12.8. The molecule has 0 aromatic carbocycles. The lowest BCUT2D eigenvalue weighted by molar-refractivity contribution is 0.0566. The molecule has 22 heavy (non-hydrogen) atoms. The summed E-state index contributed by atoms with van der Waals surface area (Å²) in [6, 6.07) is 2.03. The average molecular weight is 329 g/mol. The molecule has 1 aromatic heterocycles. The summed E-state index contributed by atoms with van der Waals surface area (Å²) in [5.41, 5.74) is 7.29. The monoisotopic (exact) mass is 328 g/mol. The second-order valence-electron chi connectivity index (χ2n) is 7.27. The molecule has 0 spiro atoms. The van der Waals surface area contributed by atoms with E-state index in [0.29, 0.717) is 18.2 Å². The van der Waals surface area contributed by atoms with Crippen LogP contribution in [0.25, 0.3) is 0 Å². The zero-order chi connectivity index (χ0) is 15.8. The maximum Gasteiger partial charge on any atom is 0.274 e. The minimum absolute atomic E-state index is 0. The summed E-state index contributed by atoms with van der Waals surface area (Å²) in [7, 11) is 0. The fourth-order valence-electron chi connectivity index (χ4n) is 3.15. The molecule has 1 aliphatic heterocycles. The second-order valence-corrected chi connectivity index (χ2v) is 7.27. The molecule has 1 aromatic rings. The maximum absolute atomic E-state index is 12.8. The van der Waals surface area contributed by atoms with Gasteiger partial charge in [-0.25, -0.2) is 0 Å². The Morgan fingerprint density at radius 2 is 2.09 bits per heavy atom. The van der Waals surface area contributed by atoms with Crippen LogP contribution in [-0.2, 0) is 5.54 Å². The van der Waals surface area contributed by atoms with Gasteiger partial charge in [-0.1, -0.05) is 6.92 Å². The van der Waals surface area contributed by atoms with Gasteiger partial charge in [-0.05, 0) is 52.5 Å². The SMILES string of the molecule is Cc1cc(C(=O)N2CCC(C)CC2CN)nn1C(C)(C)C.Cl. The third kappa shape index (κ3) is 3.82. The van der Waals surface area contributed by atoms with E-state index in [9.17, 15) is 4.79 Å². The Morgan fingerprint density at radius 1 is 1.45 bits per heavy atom. The number of amides is 1. The van der Waals surface area contributed by atoms with Crippen molar-refractivity contribution in [2.24, 2.45) is 11.7 Å². The highest BCUT2D eigenvalue weighted by atomic mass is 35.5. The number of nitrogens with zero attached hydrogens (tertiary/aromatic N) is 3. The Bertz CT molecular complexity index is 521. The second kappa shape index (κ2) is 7.01. The van der Waals surface area contributed by atoms with Crippen LogP contribution in [0.5, 0.6) is 0 Å². The van der Waals surface area contributed by atoms with Gasteiger partial charge in [0.2, 0.25) is 0 Å². The number of aryl methyl sites for hydroxylation is 1. The van der Waals surface area contributed by atoms with Crippen LogP contribution in [0.4, 0.5) is 0 Å². The molecule has 5 nitrogen and oxygen atoms in total. The molecule has 126 valence electrons. The van der Waals surface area contributed by atoms with E-state index < -0.39 is 0 Å². The number of nitrogens with two attached hydrogens (primary N) is 1. The van der Waals surface area contributed by atoms with Gasteiger partial charge < -0.3 is 10.6 Å². The van der Waals surface area contributed by atoms with Crippen molar-refractivity contribution in [3.8, 4) is 0 Å². The highest BCUT2D eigenvalue weighted by Gasteiger charge is 2.31. The molecule has 1 amide bonds. The predicted octanol–water partition coefficient (Wildman–Crippen LogP) is 2.57. The molecular weight excluding hydrogens is 300 g/mol. The molecule has 2 rings (SSSR count). The lowest BCUT2D eigenvalue weighted by atomic mass is 9.92. The molecule has 2 heterocycles. The summed E-state index contributed by atoms with van der Waals surface area (Å²) < 4.78 is 1.92. The zero-order valence-corrected chi connectivity index (χ0v) is 15.1. The quantitative estimate of drug-likeness (QED) is 0.907. The van der Waals surface area contributed by atoms with E-state index in [4.69, 9.17) is 5.73 Å². The molecule has 2 N–H and O–H groups in total. The number of likely N-dealkylation sites (tertiary alicyclic amines) is 1. The van der Waals surface area contributed by atoms with Gasteiger partial charge >= 0.3 is 0 Å². The molecule has 0 radical (unpaired) electrons. The first kappa shape index (κ1) is 19.0. The fourth-order valence-corrected chi connectivity index (χ4v) is 3.15. The van der Waals surface area contributed by atoms with Crippen molar-refractivity contribution in [1.29, 1.82) is 0 Å². The molecule has 0 saturated carbocycles. The van der Waals surface area contributed by atoms with Crippen LogP contribution in [0.15, 0.2) is 6.07 Å². The number of aromatic nitrogens is 2. The lowest BCUT2D eigenvalue weighted by Gasteiger charge is -2.37. The molecule has 1 aliphatic rings. The fraction of sp³-hybridized carbons (Fsp3) is 0.750. The minimum Gasteiger partial charge on any atom is -0.333 e.